The van der Waals surface area contributed by atoms with Gasteiger partial charge in [-0.3, -0.25) is 14.6 Å². The van der Waals surface area contributed by atoms with E-state index in [0.717, 1.165) is 77.0 Å². The summed E-state index contributed by atoms with van der Waals surface area (Å²) in [5.74, 6) is -0.530. The standard InChI is InChI=1S/C89H170N2O10/c1-7-11-15-19-23-27-31-35-39-43-47-51-55-59-66-81(92)76-90(77-82(93)67-60-56-52-48-44-40-36-32-28-24-20-16-12-8-2)71-64-63-70-87(96)101-88-85(98-5)74-80(75-86(88)99-6)89(97)100-73-65-72-91(78-83(94)68-61-57-53-49-45-41-37-33-29-25-21-17-13-9-3)79-84(95)69-62-58-54-50-46-42-38-34-30-26-22-18-14-10-4/h74-75,81-84,92-95H,7-73,76-79H2,1-6H3. The average Bonchev–Trinajstić information content (AvgIpc) is 0.822. The summed E-state index contributed by atoms with van der Waals surface area (Å²) in [5.41, 5.74) is 0.209. The van der Waals surface area contributed by atoms with E-state index in [9.17, 15) is 30.0 Å². The predicted molar refractivity (Wildman–Crippen MR) is 431 cm³/mol. The number of carbonyl (C=O) groups excluding carboxylic acids is 2. The summed E-state index contributed by atoms with van der Waals surface area (Å²) in [6.45, 7) is 12.5. The van der Waals surface area contributed by atoms with E-state index in [1.165, 1.54) is 335 Å². The highest BCUT2D eigenvalue weighted by molar-refractivity contribution is 5.91. The monoisotopic (exact) mass is 1430 g/mol. The molecule has 1 aromatic carbocycles. The molecule has 0 aliphatic rings. The van der Waals surface area contributed by atoms with Gasteiger partial charge in [-0.05, 0) is 63.6 Å². The largest absolute Gasteiger partial charge is 0.493 e. The minimum absolute atomic E-state index is 0.104. The Morgan fingerprint density at radius 2 is 0.545 bits per heavy atom. The fourth-order valence-electron chi connectivity index (χ4n) is 14.8. The van der Waals surface area contributed by atoms with Crippen molar-refractivity contribution >= 4 is 11.9 Å². The second kappa shape index (κ2) is 74.4. The summed E-state index contributed by atoms with van der Waals surface area (Å²) in [6.07, 6.45) is 75.9. The zero-order valence-corrected chi connectivity index (χ0v) is 67.8. The lowest BCUT2D eigenvalue weighted by molar-refractivity contribution is -0.134. The third-order valence-electron chi connectivity index (χ3n) is 21.3. The van der Waals surface area contributed by atoms with Crippen LogP contribution in [-0.2, 0) is 9.53 Å². The van der Waals surface area contributed by atoms with Crippen LogP contribution in [0, 0.1) is 0 Å². The van der Waals surface area contributed by atoms with Gasteiger partial charge < -0.3 is 39.4 Å². The fourth-order valence-corrected chi connectivity index (χ4v) is 14.8. The van der Waals surface area contributed by atoms with E-state index in [4.69, 9.17) is 18.9 Å². The molecule has 0 radical (unpaired) electrons. The number of methoxy groups -OCH3 is 2. The summed E-state index contributed by atoms with van der Waals surface area (Å²) in [7, 11) is 2.93. The van der Waals surface area contributed by atoms with E-state index in [2.05, 4.69) is 37.5 Å². The molecule has 0 saturated heterocycles. The molecule has 0 saturated carbocycles. The van der Waals surface area contributed by atoms with Gasteiger partial charge in [0.05, 0.1) is 50.8 Å². The highest BCUT2D eigenvalue weighted by Crippen LogP contribution is 2.39. The van der Waals surface area contributed by atoms with Gasteiger partial charge in [-0.2, -0.15) is 0 Å². The van der Waals surface area contributed by atoms with Crippen LogP contribution in [0.2, 0.25) is 0 Å². The summed E-state index contributed by atoms with van der Waals surface area (Å²) in [4.78, 5) is 31.5. The summed E-state index contributed by atoms with van der Waals surface area (Å²) < 4.78 is 23.1. The number of hydrogen-bond acceptors (Lipinski definition) is 12. The number of aliphatic hydroxyl groups excluding tert-OH is 4. The molecule has 0 aliphatic carbocycles. The third-order valence-corrected chi connectivity index (χ3v) is 21.3. The molecule has 0 heterocycles. The first kappa shape index (κ1) is 96.5. The van der Waals surface area contributed by atoms with Crippen LogP contribution in [0.3, 0.4) is 0 Å². The molecule has 4 N–H and O–H groups in total. The zero-order valence-electron chi connectivity index (χ0n) is 67.8. The molecule has 0 spiro atoms. The van der Waals surface area contributed by atoms with Gasteiger partial charge in [-0.15, -0.1) is 0 Å². The van der Waals surface area contributed by atoms with Crippen molar-refractivity contribution in [1.29, 1.82) is 0 Å². The van der Waals surface area contributed by atoms with Gasteiger partial charge in [0.1, 0.15) is 0 Å². The van der Waals surface area contributed by atoms with Crippen LogP contribution >= 0.6 is 0 Å². The van der Waals surface area contributed by atoms with Crippen molar-refractivity contribution in [2.45, 2.75) is 463 Å². The summed E-state index contributed by atoms with van der Waals surface area (Å²) in [5, 5.41) is 45.2. The van der Waals surface area contributed by atoms with Crippen molar-refractivity contribution in [1.82, 2.24) is 9.80 Å². The van der Waals surface area contributed by atoms with Crippen LogP contribution in [0.4, 0.5) is 0 Å². The molecule has 0 aromatic heterocycles. The fraction of sp³-hybridized carbons (Fsp3) is 0.910. The van der Waals surface area contributed by atoms with Gasteiger partial charge >= 0.3 is 11.9 Å². The molecule has 0 aliphatic heterocycles. The lowest BCUT2D eigenvalue weighted by Gasteiger charge is -2.27. The van der Waals surface area contributed by atoms with Crippen molar-refractivity contribution in [3.8, 4) is 17.2 Å². The smallest absolute Gasteiger partial charge is 0.338 e. The van der Waals surface area contributed by atoms with Crippen molar-refractivity contribution in [3.63, 3.8) is 0 Å². The Bertz CT molecular complexity index is 1800. The van der Waals surface area contributed by atoms with E-state index >= 15 is 0 Å². The minimum Gasteiger partial charge on any atom is -0.493 e. The number of nitrogens with zero attached hydrogens (tertiary/aromatic N) is 2. The second-order valence-corrected chi connectivity index (χ2v) is 31.3. The van der Waals surface area contributed by atoms with Crippen molar-refractivity contribution in [2.75, 3.05) is 60.1 Å². The van der Waals surface area contributed by atoms with Crippen LogP contribution in [0.15, 0.2) is 12.1 Å². The van der Waals surface area contributed by atoms with E-state index in [-0.39, 0.29) is 35.8 Å². The molecule has 1 aromatic rings. The van der Waals surface area contributed by atoms with E-state index < -0.39 is 36.4 Å². The molecule has 4 unspecified atom stereocenters. The third kappa shape index (κ3) is 62.3. The van der Waals surface area contributed by atoms with Crippen molar-refractivity contribution in [3.05, 3.63) is 17.7 Å². The maximum absolute atomic E-state index is 13.7. The Labute approximate surface area is 625 Å². The Morgan fingerprint density at radius 1 is 0.317 bits per heavy atom. The zero-order chi connectivity index (χ0) is 73.4. The minimum atomic E-state index is -0.555. The van der Waals surface area contributed by atoms with Gasteiger partial charge in [0, 0.05) is 39.1 Å². The van der Waals surface area contributed by atoms with Crippen LogP contribution in [0.25, 0.3) is 0 Å². The lowest BCUT2D eigenvalue weighted by atomic mass is 10.0. The maximum atomic E-state index is 13.7. The number of hydrogen-bond donors (Lipinski definition) is 4. The van der Waals surface area contributed by atoms with Crippen molar-refractivity contribution in [2.24, 2.45) is 0 Å². The number of ether oxygens (including phenoxy) is 4. The van der Waals surface area contributed by atoms with Crippen LogP contribution in [0.1, 0.15) is 449 Å². The van der Waals surface area contributed by atoms with Crippen LogP contribution in [0.5, 0.6) is 17.2 Å². The van der Waals surface area contributed by atoms with Crippen molar-refractivity contribution < 1.29 is 49.0 Å². The quantitative estimate of drug-likeness (QED) is 0.0278. The van der Waals surface area contributed by atoms with Crippen LogP contribution in [-0.4, -0.2) is 127 Å². The number of carbonyl (C=O) groups is 2. The number of aliphatic hydroxyl groups is 4. The van der Waals surface area contributed by atoms with Gasteiger partial charge in [0.25, 0.3) is 0 Å². The summed E-state index contributed by atoms with van der Waals surface area (Å²) >= 11 is 0. The molecule has 12 heteroatoms. The highest BCUT2D eigenvalue weighted by Gasteiger charge is 2.23. The molecule has 101 heavy (non-hydrogen) atoms. The summed E-state index contributed by atoms with van der Waals surface area (Å²) in [6, 6.07) is 3.04. The normalized spacial score (nSPS) is 13.0. The number of rotatable bonds is 81. The van der Waals surface area contributed by atoms with Gasteiger partial charge in [-0.25, -0.2) is 4.79 Å². The first-order valence-corrected chi connectivity index (χ1v) is 44.3. The Morgan fingerprint density at radius 3 is 0.782 bits per heavy atom. The molecular formula is C89H170N2O10. The molecule has 0 bridgehead atoms. The molecule has 4 atom stereocenters. The molecule has 0 fully saturated rings. The number of benzene rings is 1. The van der Waals surface area contributed by atoms with Gasteiger partial charge in [0.2, 0.25) is 5.75 Å². The maximum Gasteiger partial charge on any atom is 0.338 e. The van der Waals surface area contributed by atoms with E-state index in [0.29, 0.717) is 58.5 Å². The van der Waals surface area contributed by atoms with Gasteiger partial charge in [0.15, 0.2) is 11.5 Å². The Kier molecular flexibility index (Phi) is 71.1. The molecular weight excluding hydrogens is 1260 g/mol. The second-order valence-electron chi connectivity index (χ2n) is 31.3. The lowest BCUT2D eigenvalue weighted by Crippen LogP contribution is -2.39. The molecule has 1 rings (SSSR count). The van der Waals surface area contributed by atoms with E-state index in [1.54, 1.807) is 0 Å². The van der Waals surface area contributed by atoms with E-state index in [1.807, 2.05) is 0 Å². The molecule has 0 amide bonds. The van der Waals surface area contributed by atoms with Gasteiger partial charge in [-0.1, -0.05) is 387 Å². The molecule has 12 nitrogen and oxygen atoms in total. The topological polar surface area (TPSA) is 158 Å². The average molecular weight is 1430 g/mol. The SMILES string of the molecule is CCCCCCCCCCCCCCCCC(O)CN(CCCCC(=O)Oc1c(OC)cc(C(=O)OCCCN(CC(O)CCCCCCCCCCCCCCCC)CC(O)CCCCCCCCCCCCCCCC)cc1OC)CC(O)CCCCCCCCCCCCCCCC. The van der Waals surface area contributed by atoms with Crippen LogP contribution < -0.4 is 14.2 Å². The number of unbranched alkanes of at least 4 members (excludes halogenated alkanes) is 53. The first-order chi connectivity index (χ1) is 49.5. The molecule has 596 valence electrons. The Hall–Kier alpha value is -2.48. The highest BCUT2D eigenvalue weighted by atomic mass is 16.6. The number of esters is 2. The first-order valence-electron chi connectivity index (χ1n) is 44.3. The predicted octanol–water partition coefficient (Wildman–Crippen LogP) is 24.9. The Balaban J connectivity index is 2.80.